The summed E-state index contributed by atoms with van der Waals surface area (Å²) in [6.07, 6.45) is 5.27. The average molecular weight is 651 g/mol. The van der Waals surface area contributed by atoms with E-state index in [1.807, 2.05) is 6.92 Å². The Bertz CT molecular complexity index is 1460. The van der Waals surface area contributed by atoms with Gasteiger partial charge in [-0.25, -0.2) is 8.42 Å². The highest BCUT2D eigenvalue weighted by molar-refractivity contribution is 7.92. The molecule has 0 radical (unpaired) electrons. The van der Waals surface area contributed by atoms with E-state index in [4.69, 9.17) is 34.8 Å². The number of carbonyl (C=O) groups is 2. The summed E-state index contributed by atoms with van der Waals surface area (Å²) in [5.41, 5.74) is 0.731. The van der Waals surface area contributed by atoms with Gasteiger partial charge in [0.15, 0.2) is 0 Å². The van der Waals surface area contributed by atoms with Gasteiger partial charge in [-0.05, 0) is 67.8 Å². The number of anilines is 1. The van der Waals surface area contributed by atoms with Crippen LogP contribution in [0, 0.1) is 0 Å². The summed E-state index contributed by atoms with van der Waals surface area (Å²) >= 11 is 19.1. The summed E-state index contributed by atoms with van der Waals surface area (Å²) in [4.78, 5) is 29.3. The van der Waals surface area contributed by atoms with Crippen LogP contribution in [0.25, 0.3) is 0 Å². The second-order valence-electron chi connectivity index (χ2n) is 10.3. The molecule has 0 aromatic heterocycles. The van der Waals surface area contributed by atoms with Crippen molar-refractivity contribution in [3.8, 4) is 0 Å². The highest BCUT2D eigenvalue weighted by atomic mass is 35.5. The zero-order valence-corrected chi connectivity index (χ0v) is 26.4. The van der Waals surface area contributed by atoms with Crippen molar-refractivity contribution in [3.63, 3.8) is 0 Å². The second-order valence-corrected chi connectivity index (χ2v) is 13.4. The number of rotatable bonds is 11. The molecule has 0 unspecified atom stereocenters. The van der Waals surface area contributed by atoms with Gasteiger partial charge in [-0.3, -0.25) is 13.9 Å². The van der Waals surface area contributed by atoms with E-state index in [2.05, 4.69) is 5.32 Å². The summed E-state index contributed by atoms with van der Waals surface area (Å²) < 4.78 is 28.8. The predicted octanol–water partition coefficient (Wildman–Crippen LogP) is 7.10. The number of nitrogens with one attached hydrogen (secondary N) is 1. The van der Waals surface area contributed by atoms with E-state index in [0.29, 0.717) is 27.1 Å². The van der Waals surface area contributed by atoms with Crippen LogP contribution in [0.15, 0.2) is 77.7 Å². The highest BCUT2D eigenvalue weighted by Gasteiger charge is 2.35. The minimum Gasteiger partial charge on any atom is -0.352 e. The van der Waals surface area contributed by atoms with Crippen LogP contribution >= 0.6 is 34.8 Å². The lowest BCUT2D eigenvalue weighted by Gasteiger charge is -2.34. The molecular formula is C31H34Cl3N3O4S. The number of hydrogen-bond acceptors (Lipinski definition) is 4. The van der Waals surface area contributed by atoms with E-state index in [1.54, 1.807) is 60.7 Å². The monoisotopic (exact) mass is 649 g/mol. The smallest absolute Gasteiger partial charge is 0.264 e. The summed E-state index contributed by atoms with van der Waals surface area (Å²) in [7, 11) is -4.17. The van der Waals surface area contributed by atoms with Crippen molar-refractivity contribution in [3.05, 3.63) is 93.4 Å². The van der Waals surface area contributed by atoms with E-state index in [9.17, 15) is 18.0 Å². The van der Waals surface area contributed by atoms with Crippen LogP contribution in [0.2, 0.25) is 15.1 Å². The van der Waals surface area contributed by atoms with Gasteiger partial charge < -0.3 is 10.2 Å². The molecule has 1 atom stereocenters. The van der Waals surface area contributed by atoms with Gasteiger partial charge in [-0.1, -0.05) is 85.3 Å². The lowest BCUT2D eigenvalue weighted by atomic mass is 9.95. The number of nitrogens with zero attached hydrogens (tertiary/aromatic N) is 2. The quantitative estimate of drug-likeness (QED) is 0.240. The standard InChI is InChI=1S/C31H34Cl3N3O4S/c1-2-29(31(39)35-23-10-5-3-6-11-23)36(20-26-27(33)14-9-15-28(26)34)30(38)21-37(24-18-16-22(32)17-19-24)42(40,41)25-12-7-4-8-13-25/h4,7-9,12-19,23,29H,2-3,5-6,10-11,20-21H2,1H3,(H,35,39)/t29-/m1/s1. The van der Waals surface area contributed by atoms with Crippen LogP contribution in [0.5, 0.6) is 0 Å². The first-order valence-electron chi connectivity index (χ1n) is 14.0. The van der Waals surface area contributed by atoms with Crippen molar-refractivity contribution >= 4 is 62.3 Å². The summed E-state index contributed by atoms with van der Waals surface area (Å²) in [5, 5.41) is 4.23. The van der Waals surface area contributed by atoms with Gasteiger partial charge in [0.05, 0.1) is 10.6 Å². The fourth-order valence-corrected chi connectivity index (χ4v) is 7.25. The predicted molar refractivity (Wildman–Crippen MR) is 169 cm³/mol. The SMILES string of the molecule is CC[C@H](C(=O)NC1CCCCC1)N(Cc1c(Cl)cccc1Cl)C(=O)CN(c1ccc(Cl)cc1)S(=O)(=O)c1ccccc1. The maximum atomic E-state index is 14.2. The first kappa shape index (κ1) is 32.1. The van der Waals surface area contributed by atoms with Crippen LogP contribution in [-0.2, 0) is 26.2 Å². The molecule has 42 heavy (non-hydrogen) atoms. The molecule has 0 bridgehead atoms. The first-order chi connectivity index (χ1) is 20.1. The number of halogens is 3. The number of carbonyl (C=O) groups excluding carboxylic acids is 2. The van der Waals surface area contributed by atoms with Crippen LogP contribution in [-0.4, -0.2) is 43.8 Å². The Balaban J connectivity index is 1.72. The molecule has 2 amide bonds. The molecule has 0 saturated heterocycles. The largest absolute Gasteiger partial charge is 0.352 e. The van der Waals surface area contributed by atoms with Crippen molar-refractivity contribution in [2.45, 2.75) is 69.0 Å². The van der Waals surface area contributed by atoms with Gasteiger partial charge in [-0.15, -0.1) is 0 Å². The van der Waals surface area contributed by atoms with Gasteiger partial charge in [0.1, 0.15) is 12.6 Å². The Labute approximate surface area is 262 Å². The fourth-order valence-electron chi connectivity index (χ4n) is 5.17. The Morgan fingerprint density at radius 2 is 1.50 bits per heavy atom. The van der Waals surface area contributed by atoms with Gasteiger partial charge in [0, 0.05) is 33.2 Å². The summed E-state index contributed by atoms with van der Waals surface area (Å²) in [6, 6.07) is 18.2. The molecule has 1 aliphatic carbocycles. The van der Waals surface area contributed by atoms with E-state index < -0.39 is 28.5 Å². The molecule has 224 valence electrons. The van der Waals surface area contributed by atoms with Crippen molar-refractivity contribution in [1.82, 2.24) is 10.2 Å². The number of sulfonamides is 1. The van der Waals surface area contributed by atoms with Crippen LogP contribution in [0.4, 0.5) is 5.69 Å². The normalized spacial score (nSPS) is 14.7. The molecule has 1 fully saturated rings. The Hall–Kier alpha value is -2.78. The molecule has 1 saturated carbocycles. The topological polar surface area (TPSA) is 86.8 Å². The maximum Gasteiger partial charge on any atom is 0.264 e. The van der Waals surface area contributed by atoms with E-state index in [1.165, 1.54) is 17.0 Å². The van der Waals surface area contributed by atoms with Gasteiger partial charge in [0.25, 0.3) is 10.0 Å². The highest BCUT2D eigenvalue weighted by Crippen LogP contribution is 2.29. The van der Waals surface area contributed by atoms with Crippen molar-refractivity contribution in [1.29, 1.82) is 0 Å². The van der Waals surface area contributed by atoms with Gasteiger partial charge >= 0.3 is 0 Å². The van der Waals surface area contributed by atoms with Crippen LogP contribution in [0.3, 0.4) is 0 Å². The average Bonchev–Trinajstić information content (AvgIpc) is 2.98. The lowest BCUT2D eigenvalue weighted by molar-refractivity contribution is -0.140. The first-order valence-corrected chi connectivity index (χ1v) is 16.5. The van der Waals surface area contributed by atoms with Gasteiger partial charge in [-0.2, -0.15) is 0 Å². The zero-order chi connectivity index (χ0) is 30.3. The lowest BCUT2D eigenvalue weighted by Crippen LogP contribution is -2.54. The molecule has 0 heterocycles. The van der Waals surface area contributed by atoms with E-state index in [0.717, 1.165) is 36.4 Å². The molecule has 0 spiro atoms. The molecule has 1 aliphatic rings. The fraction of sp³-hybridized carbons (Fsp3) is 0.355. The zero-order valence-electron chi connectivity index (χ0n) is 23.3. The number of amides is 2. The third kappa shape index (κ3) is 7.78. The second kappa shape index (κ2) is 14.6. The molecule has 11 heteroatoms. The molecule has 1 N–H and O–H groups in total. The Kier molecular flexibility index (Phi) is 11.2. The molecule has 7 nitrogen and oxygen atoms in total. The Morgan fingerprint density at radius 3 is 2.10 bits per heavy atom. The van der Waals surface area contributed by atoms with E-state index >= 15 is 0 Å². The third-order valence-electron chi connectivity index (χ3n) is 7.45. The summed E-state index contributed by atoms with van der Waals surface area (Å²) in [6.45, 7) is 1.18. The number of benzene rings is 3. The van der Waals surface area contributed by atoms with Crippen LogP contribution in [0.1, 0.15) is 51.0 Å². The van der Waals surface area contributed by atoms with Crippen molar-refractivity contribution < 1.29 is 18.0 Å². The summed E-state index contributed by atoms with van der Waals surface area (Å²) in [5.74, 6) is -0.865. The maximum absolute atomic E-state index is 14.2. The van der Waals surface area contributed by atoms with Crippen LogP contribution < -0.4 is 9.62 Å². The Morgan fingerprint density at radius 1 is 0.881 bits per heavy atom. The molecule has 3 aromatic rings. The molecule has 0 aliphatic heterocycles. The number of hydrogen-bond donors (Lipinski definition) is 1. The van der Waals surface area contributed by atoms with E-state index in [-0.39, 0.29) is 29.1 Å². The molecular weight excluding hydrogens is 617 g/mol. The van der Waals surface area contributed by atoms with Gasteiger partial charge in [0.2, 0.25) is 11.8 Å². The molecule has 3 aromatic carbocycles. The van der Waals surface area contributed by atoms with Crippen molar-refractivity contribution in [2.24, 2.45) is 0 Å². The minimum atomic E-state index is -4.17. The minimum absolute atomic E-state index is 0.0236. The molecule has 4 rings (SSSR count). The van der Waals surface area contributed by atoms with Crippen molar-refractivity contribution in [2.75, 3.05) is 10.8 Å². The third-order valence-corrected chi connectivity index (χ3v) is 10.2.